The van der Waals surface area contributed by atoms with Gasteiger partial charge in [-0.1, -0.05) is 32.0 Å². The lowest BCUT2D eigenvalue weighted by Crippen LogP contribution is -1.99. The van der Waals surface area contributed by atoms with E-state index >= 15 is 0 Å². The zero-order chi connectivity index (χ0) is 9.84. The van der Waals surface area contributed by atoms with Gasteiger partial charge in [-0.25, -0.2) is 0 Å². The summed E-state index contributed by atoms with van der Waals surface area (Å²) in [5.41, 5.74) is 0.915. The quantitative estimate of drug-likeness (QED) is 0.698. The van der Waals surface area contributed by atoms with Crippen LogP contribution in [0.3, 0.4) is 0 Å². The predicted molar refractivity (Wildman–Crippen MR) is 52.3 cm³/mol. The molecule has 0 N–H and O–H groups in total. The molecule has 0 aliphatic heterocycles. The van der Waals surface area contributed by atoms with Crippen molar-refractivity contribution in [2.45, 2.75) is 31.1 Å². The number of rotatable bonds is 3. The molecular weight excluding hydrogens is 184 g/mol. The average Bonchev–Trinajstić information content (AvgIpc) is 2.16. The normalized spacial score (nSPS) is 15.3. The molecule has 2 atom stereocenters. The van der Waals surface area contributed by atoms with E-state index in [1.807, 2.05) is 19.1 Å². The molecule has 0 saturated carbocycles. The first-order valence-electron chi connectivity index (χ1n) is 4.35. The zero-order valence-electron chi connectivity index (χ0n) is 7.82. The third-order valence-electron chi connectivity index (χ3n) is 2.24. The monoisotopic (exact) mass is 197 g/mol. The van der Waals surface area contributed by atoms with Crippen LogP contribution in [-0.4, -0.2) is 8.76 Å². The van der Waals surface area contributed by atoms with E-state index in [2.05, 4.69) is 6.92 Å². The Balaban J connectivity index is 3.11. The lowest BCUT2D eigenvalue weighted by atomic mass is 9.99. The maximum atomic E-state index is 10.8. The van der Waals surface area contributed by atoms with E-state index in [9.17, 15) is 8.76 Å². The van der Waals surface area contributed by atoms with Crippen LogP contribution in [0, 0.1) is 0 Å². The molecule has 0 aliphatic rings. The summed E-state index contributed by atoms with van der Waals surface area (Å²) in [4.78, 5) is 0.428. The number of hydrogen-bond donors (Lipinski definition) is 0. The summed E-state index contributed by atoms with van der Waals surface area (Å²) in [6.07, 6.45) is 0.953. The van der Waals surface area contributed by atoms with Gasteiger partial charge in [-0.3, -0.25) is 4.21 Å². The Bertz CT molecular complexity index is 310. The molecule has 2 nitrogen and oxygen atoms in total. The first-order valence-corrected chi connectivity index (χ1v) is 5.42. The first kappa shape index (κ1) is 10.4. The van der Waals surface area contributed by atoms with Gasteiger partial charge >= 0.3 is 0 Å². The Morgan fingerprint density at radius 2 is 2.08 bits per heavy atom. The second kappa shape index (κ2) is 4.53. The molecule has 0 spiro atoms. The molecule has 1 aromatic carbocycles. The summed E-state index contributed by atoms with van der Waals surface area (Å²) in [7, 11) is 0. The standard InChI is InChI=1S/C10H14O2S/c1-3-8(2)9-6-4-5-7-10(9)13(11)12/h4-8H,3H2,1-2H3,(H,11,12)/p-1. The fourth-order valence-electron chi connectivity index (χ4n) is 1.26. The Morgan fingerprint density at radius 1 is 1.46 bits per heavy atom. The average molecular weight is 197 g/mol. The van der Waals surface area contributed by atoms with Crippen molar-refractivity contribution in [1.82, 2.24) is 0 Å². The highest BCUT2D eigenvalue weighted by atomic mass is 32.2. The van der Waals surface area contributed by atoms with Crippen LogP contribution in [0.1, 0.15) is 31.7 Å². The van der Waals surface area contributed by atoms with Gasteiger partial charge in [0.15, 0.2) is 0 Å². The maximum Gasteiger partial charge on any atom is 0.0283 e. The molecule has 72 valence electrons. The van der Waals surface area contributed by atoms with Crippen LogP contribution >= 0.6 is 0 Å². The van der Waals surface area contributed by atoms with E-state index in [1.165, 1.54) is 0 Å². The first-order chi connectivity index (χ1) is 6.16. The van der Waals surface area contributed by atoms with Gasteiger partial charge in [-0.05, 0) is 35.0 Å². The Labute approximate surface area is 81.3 Å². The van der Waals surface area contributed by atoms with Crippen molar-refractivity contribution in [3.05, 3.63) is 29.8 Å². The van der Waals surface area contributed by atoms with Gasteiger partial charge in [-0.15, -0.1) is 0 Å². The van der Waals surface area contributed by atoms with Crippen molar-refractivity contribution < 1.29 is 8.76 Å². The van der Waals surface area contributed by atoms with Crippen LogP contribution < -0.4 is 0 Å². The molecule has 3 heteroatoms. The second-order valence-electron chi connectivity index (χ2n) is 3.08. The summed E-state index contributed by atoms with van der Waals surface area (Å²) in [6.45, 7) is 4.08. The molecule has 0 heterocycles. The molecule has 0 radical (unpaired) electrons. The summed E-state index contributed by atoms with van der Waals surface area (Å²) >= 11 is -2.11. The van der Waals surface area contributed by atoms with Gasteiger partial charge in [0, 0.05) is 4.90 Å². The van der Waals surface area contributed by atoms with Crippen LogP contribution in [0.5, 0.6) is 0 Å². The Hall–Kier alpha value is -0.670. The molecular formula is C10H13O2S-. The van der Waals surface area contributed by atoms with Crippen molar-refractivity contribution >= 4 is 11.1 Å². The molecule has 1 aromatic rings. The minimum Gasteiger partial charge on any atom is -0.768 e. The van der Waals surface area contributed by atoms with E-state index < -0.39 is 11.1 Å². The maximum absolute atomic E-state index is 10.8. The molecule has 2 unspecified atom stereocenters. The number of hydrogen-bond acceptors (Lipinski definition) is 2. The minimum atomic E-state index is -2.11. The highest BCUT2D eigenvalue weighted by Gasteiger charge is 2.07. The zero-order valence-corrected chi connectivity index (χ0v) is 8.64. The van der Waals surface area contributed by atoms with E-state index in [1.54, 1.807) is 12.1 Å². The van der Waals surface area contributed by atoms with E-state index in [0.717, 1.165) is 12.0 Å². The lowest BCUT2D eigenvalue weighted by Gasteiger charge is -2.15. The molecule has 1 rings (SSSR count). The van der Waals surface area contributed by atoms with Gasteiger partial charge < -0.3 is 4.55 Å². The van der Waals surface area contributed by atoms with Gasteiger partial charge in [0.25, 0.3) is 0 Å². The topological polar surface area (TPSA) is 40.1 Å². The largest absolute Gasteiger partial charge is 0.768 e. The highest BCUT2D eigenvalue weighted by molar-refractivity contribution is 7.79. The summed E-state index contributed by atoms with van der Waals surface area (Å²) in [5.74, 6) is 0.300. The van der Waals surface area contributed by atoms with Gasteiger partial charge in [-0.2, -0.15) is 0 Å². The van der Waals surface area contributed by atoms with E-state index in [-0.39, 0.29) is 0 Å². The van der Waals surface area contributed by atoms with Crippen LogP contribution in [-0.2, 0) is 11.1 Å². The predicted octanol–water partition coefficient (Wildman–Crippen LogP) is 2.44. The second-order valence-corrected chi connectivity index (χ2v) is 3.99. The third-order valence-corrected chi connectivity index (χ3v) is 2.97. The molecule has 0 saturated heterocycles. The summed E-state index contributed by atoms with van der Waals surface area (Å²) < 4.78 is 21.7. The van der Waals surface area contributed by atoms with Gasteiger partial charge in [0.2, 0.25) is 0 Å². The fraction of sp³-hybridized carbons (Fsp3) is 0.400. The van der Waals surface area contributed by atoms with Crippen molar-refractivity contribution in [3.63, 3.8) is 0 Å². The minimum absolute atomic E-state index is 0.300. The van der Waals surface area contributed by atoms with Gasteiger partial charge in [0.05, 0.1) is 0 Å². The summed E-state index contributed by atoms with van der Waals surface area (Å²) in [6, 6.07) is 7.14. The summed E-state index contributed by atoms with van der Waals surface area (Å²) in [5, 5.41) is 0. The van der Waals surface area contributed by atoms with Crippen molar-refractivity contribution in [2.75, 3.05) is 0 Å². The van der Waals surface area contributed by atoms with E-state index in [0.29, 0.717) is 10.8 Å². The third kappa shape index (κ3) is 2.39. The molecule has 0 aromatic heterocycles. The molecule has 0 bridgehead atoms. The van der Waals surface area contributed by atoms with Crippen molar-refractivity contribution in [1.29, 1.82) is 0 Å². The van der Waals surface area contributed by atoms with Crippen molar-refractivity contribution in [3.8, 4) is 0 Å². The van der Waals surface area contributed by atoms with Crippen LogP contribution in [0.2, 0.25) is 0 Å². The highest BCUT2D eigenvalue weighted by Crippen LogP contribution is 2.24. The van der Waals surface area contributed by atoms with Crippen molar-refractivity contribution in [2.24, 2.45) is 0 Å². The number of benzene rings is 1. The van der Waals surface area contributed by atoms with Crippen LogP contribution in [0.4, 0.5) is 0 Å². The SMILES string of the molecule is CCC(C)c1ccccc1S(=O)[O-]. The van der Waals surface area contributed by atoms with Crippen LogP contribution in [0.15, 0.2) is 29.2 Å². The Kier molecular flexibility index (Phi) is 3.63. The molecule has 0 aliphatic carbocycles. The van der Waals surface area contributed by atoms with Gasteiger partial charge in [0.1, 0.15) is 0 Å². The van der Waals surface area contributed by atoms with E-state index in [4.69, 9.17) is 0 Å². The molecule has 0 fully saturated rings. The fourth-order valence-corrected chi connectivity index (χ4v) is 1.91. The molecule has 13 heavy (non-hydrogen) atoms. The molecule has 0 amide bonds. The van der Waals surface area contributed by atoms with Crippen LogP contribution in [0.25, 0.3) is 0 Å². The lowest BCUT2D eigenvalue weighted by molar-refractivity contribution is 0.534. The Morgan fingerprint density at radius 3 is 2.62 bits per heavy atom. The smallest absolute Gasteiger partial charge is 0.0283 e.